The van der Waals surface area contributed by atoms with Crippen LogP contribution in [0, 0.1) is 30.6 Å². The Morgan fingerprint density at radius 2 is 1.71 bits per heavy atom. The van der Waals surface area contributed by atoms with Crippen LogP contribution in [0.1, 0.15) is 89.7 Å². The zero-order valence-electron chi connectivity index (χ0n) is 37.5. The van der Waals surface area contributed by atoms with E-state index in [1.54, 1.807) is 69.7 Å². The van der Waals surface area contributed by atoms with E-state index in [-0.39, 0.29) is 62.5 Å². The number of hydrogen-bond acceptors (Lipinski definition) is 12. The number of nitrogens with one attached hydrogen (secondary N) is 1. The van der Waals surface area contributed by atoms with Crippen LogP contribution in [0.2, 0.25) is 0 Å². The Hall–Kier alpha value is -5.41. The van der Waals surface area contributed by atoms with E-state index >= 15 is 0 Å². The number of benzene rings is 3. The summed E-state index contributed by atoms with van der Waals surface area (Å²) < 4.78 is 25.8. The minimum Gasteiger partial charge on any atom is -0.505 e. The highest BCUT2D eigenvalue weighted by Crippen LogP contribution is 2.48. The van der Waals surface area contributed by atoms with E-state index in [1.807, 2.05) is 25.1 Å². The summed E-state index contributed by atoms with van der Waals surface area (Å²) >= 11 is 0. The number of ether oxygens (including phenoxy) is 4. The van der Waals surface area contributed by atoms with Gasteiger partial charge in [0.1, 0.15) is 17.5 Å². The van der Waals surface area contributed by atoms with Crippen LogP contribution in [0.3, 0.4) is 0 Å². The van der Waals surface area contributed by atoms with Crippen LogP contribution in [0.15, 0.2) is 58.9 Å². The fourth-order valence-corrected chi connectivity index (χ4v) is 8.80. The van der Waals surface area contributed by atoms with Crippen molar-refractivity contribution >= 4 is 56.2 Å². The zero-order valence-corrected chi connectivity index (χ0v) is 37.5. The van der Waals surface area contributed by atoms with Gasteiger partial charge in [-0.1, -0.05) is 78.0 Å². The van der Waals surface area contributed by atoms with E-state index in [0.717, 1.165) is 5.56 Å². The molecule has 3 heterocycles. The van der Waals surface area contributed by atoms with Crippen LogP contribution in [0.5, 0.6) is 11.5 Å². The number of aromatic nitrogens is 2. The number of aliphatic hydroxyl groups is 2. The number of allylic oxidation sites excluding steroid dienone is 2. The van der Waals surface area contributed by atoms with E-state index in [0.29, 0.717) is 11.0 Å². The number of phenols is 1. The van der Waals surface area contributed by atoms with Gasteiger partial charge in [-0.05, 0) is 37.5 Å². The predicted molar refractivity (Wildman–Crippen MR) is 237 cm³/mol. The molecule has 6 rings (SSSR count). The summed E-state index contributed by atoms with van der Waals surface area (Å²) in [5.74, 6) is -6.35. The molecule has 3 aromatic carbocycles. The number of methoxy groups -OCH3 is 1. The minimum atomic E-state index is -1.92. The Morgan fingerprint density at radius 1 is 1.02 bits per heavy atom. The number of rotatable bonds is 3. The second-order valence-electron chi connectivity index (χ2n) is 17.4. The average Bonchev–Trinajstić information content (AvgIpc) is 3.50. The molecule has 4 bridgehead atoms. The maximum absolute atomic E-state index is 14.7. The van der Waals surface area contributed by atoms with Gasteiger partial charge in [0.25, 0.3) is 11.7 Å². The number of Topliss-reactive ketones (excluding diaryl/α,β-unsaturated/α-hetero) is 1. The van der Waals surface area contributed by atoms with Crippen LogP contribution in [0.25, 0.3) is 32.8 Å². The first-order valence-corrected chi connectivity index (χ1v) is 21.1. The summed E-state index contributed by atoms with van der Waals surface area (Å²) in [6, 6.07) is 5.79. The number of aryl methyl sites for hydroxylation is 1. The number of ketones is 1. The van der Waals surface area contributed by atoms with Crippen molar-refractivity contribution in [2.24, 2.45) is 30.7 Å². The number of carbonyl (C=O) groups is 3. The molecule has 9 atom stereocenters. The van der Waals surface area contributed by atoms with Gasteiger partial charge in [-0.3, -0.25) is 19.2 Å². The van der Waals surface area contributed by atoms with Crippen molar-refractivity contribution < 1.29 is 48.7 Å². The lowest BCUT2D eigenvalue weighted by molar-refractivity contribution is -0.160. The first kappa shape index (κ1) is 46.1. The number of aromatic hydroxyl groups is 1. The van der Waals surface area contributed by atoms with Gasteiger partial charge in [-0.2, -0.15) is 0 Å². The molecule has 14 heteroatoms. The first-order chi connectivity index (χ1) is 29.1. The lowest BCUT2D eigenvalue weighted by Gasteiger charge is -2.38. The summed E-state index contributed by atoms with van der Waals surface area (Å²) in [7, 11) is 3.26. The van der Waals surface area contributed by atoms with E-state index in [4.69, 9.17) is 23.9 Å². The highest BCUT2D eigenvalue weighted by atomic mass is 16.7. The normalized spacial score (nSPS) is 29.7. The zero-order chi connectivity index (χ0) is 45.7. The number of nitrogens with zero attached hydrogens (tertiary/aromatic N) is 2. The summed E-state index contributed by atoms with van der Waals surface area (Å²) in [5.41, 5.74) is 2.26. The number of amides is 1. The number of aliphatic hydroxyl groups excluding tert-OH is 2. The van der Waals surface area contributed by atoms with Crippen molar-refractivity contribution in [2.75, 3.05) is 19.0 Å². The molecule has 0 radical (unpaired) electrons. The van der Waals surface area contributed by atoms with Gasteiger partial charge in [0.15, 0.2) is 11.2 Å². The fourth-order valence-electron chi connectivity index (χ4n) is 8.80. The standard InChI is InChI=1S/C48H59N3O11/c1-22(2)30-18-19-31-32(21-30)51(11)39-37(49-31)34-35-42(55)28(8)45-36(34)46(57)48(10,62-45)60-20-14-17-33(59-12)25(5)44(61-29(9)52)27(7)41(54)26(6)40(53)23(3)15-13-16-24(4)47(58)50-38(39)43(35)56/h13-19,21-23,25-27,33,40-41,44,53-54,56H,20H2,1-12H3,(H,50,58)/b15-13+,17-14+,24-16-/t23-,25+,26+,27+,33-,40-,41+,44+,48-/m0/s1. The van der Waals surface area contributed by atoms with Crippen molar-refractivity contribution in [3.63, 3.8) is 0 Å². The van der Waals surface area contributed by atoms with Crippen LogP contribution in [-0.2, 0) is 30.8 Å². The quantitative estimate of drug-likeness (QED) is 0.0548. The topological polar surface area (TPSA) is 196 Å². The summed E-state index contributed by atoms with van der Waals surface area (Å²) in [6.45, 7) is 16.9. The highest BCUT2D eigenvalue weighted by molar-refractivity contribution is 6.27. The van der Waals surface area contributed by atoms with Gasteiger partial charge in [0, 0.05) is 68.2 Å². The average molecular weight is 854 g/mol. The molecule has 4 N–H and O–H groups in total. The molecule has 14 nitrogen and oxygen atoms in total. The van der Waals surface area contributed by atoms with Gasteiger partial charge < -0.3 is 44.2 Å². The Bertz CT molecular complexity index is 2610. The van der Waals surface area contributed by atoms with Crippen molar-refractivity contribution in [3.05, 3.63) is 81.1 Å². The third-order valence-corrected chi connectivity index (χ3v) is 12.8. The summed E-state index contributed by atoms with van der Waals surface area (Å²) in [5, 5.41) is 37.9. The number of fused-ring (bicyclic) bond motifs is 2. The molecule has 1 amide bonds. The molecule has 4 aromatic rings. The smallest absolute Gasteiger partial charge is 0.302 e. The molecule has 0 unspecified atom stereocenters. The number of esters is 1. The maximum atomic E-state index is 14.7. The summed E-state index contributed by atoms with van der Waals surface area (Å²) in [6.07, 6.45) is 4.61. The van der Waals surface area contributed by atoms with Gasteiger partial charge in [-0.25, -0.2) is 4.98 Å². The Balaban J connectivity index is 1.59. The molecule has 332 valence electrons. The number of hydrogen-bond donors (Lipinski definition) is 4. The number of phenolic OH excluding ortho intramolecular Hbond substituents is 1. The summed E-state index contributed by atoms with van der Waals surface area (Å²) in [4.78, 5) is 60.5. The Labute approximate surface area is 361 Å². The second kappa shape index (κ2) is 17.8. The molecule has 62 heavy (non-hydrogen) atoms. The van der Waals surface area contributed by atoms with E-state index in [9.17, 15) is 34.5 Å². The largest absolute Gasteiger partial charge is 0.505 e. The van der Waals surface area contributed by atoms with Crippen molar-refractivity contribution in [2.45, 2.75) is 105 Å². The van der Waals surface area contributed by atoms with Crippen LogP contribution in [-0.4, -0.2) is 86.5 Å². The lowest BCUT2D eigenvalue weighted by Crippen LogP contribution is -2.46. The van der Waals surface area contributed by atoms with Crippen molar-refractivity contribution in [3.8, 4) is 11.5 Å². The monoisotopic (exact) mass is 853 g/mol. The van der Waals surface area contributed by atoms with E-state index in [1.165, 1.54) is 27.9 Å². The minimum absolute atomic E-state index is 0.00286. The van der Waals surface area contributed by atoms with Crippen molar-refractivity contribution in [1.29, 1.82) is 0 Å². The van der Waals surface area contributed by atoms with Gasteiger partial charge in [-0.15, -0.1) is 0 Å². The van der Waals surface area contributed by atoms with E-state index in [2.05, 4.69) is 19.2 Å². The van der Waals surface area contributed by atoms with Crippen LogP contribution in [0.4, 0.5) is 5.69 Å². The molecule has 0 saturated heterocycles. The third-order valence-electron chi connectivity index (χ3n) is 12.8. The molecule has 1 aromatic heterocycles. The van der Waals surface area contributed by atoms with Gasteiger partial charge in [0.05, 0.1) is 57.9 Å². The van der Waals surface area contributed by atoms with Gasteiger partial charge in [0.2, 0.25) is 5.78 Å². The number of carbonyl (C=O) groups excluding carboxylic acids is 3. The molecule has 2 aliphatic heterocycles. The van der Waals surface area contributed by atoms with E-state index < -0.39 is 82.7 Å². The highest BCUT2D eigenvalue weighted by Gasteiger charge is 2.49. The van der Waals surface area contributed by atoms with Crippen LogP contribution >= 0.6 is 0 Å². The SMILES string of the molecule is CO[C@H]1/C=C/CO[C@@]2(C)Oc3c(C)c(=O)c4c(O)c(c5c(nc6ccc(C(C)C)cc6n5C)c4c3C2=O)NC(=O)/C(C)=C\C=C\[C@H](C)[C@H](O)[C@@H](C)[C@@H](O)[C@@H](C)[C@H](OC(C)=O)[C@@H]1C. The first-order valence-electron chi connectivity index (χ1n) is 21.1. The number of anilines is 1. The fraction of sp³-hybridized carbons (Fsp3) is 0.479. The molecule has 0 spiro atoms. The van der Waals surface area contributed by atoms with Crippen LogP contribution < -0.4 is 15.5 Å². The molecule has 0 fully saturated rings. The molecular formula is C48H59N3O11. The van der Waals surface area contributed by atoms with Crippen molar-refractivity contribution in [1.82, 2.24) is 9.55 Å². The molecule has 0 aliphatic carbocycles. The predicted octanol–water partition coefficient (Wildman–Crippen LogP) is 6.91. The molecule has 0 saturated carbocycles. The van der Waals surface area contributed by atoms with Gasteiger partial charge >= 0.3 is 5.97 Å². The Morgan fingerprint density at radius 3 is 2.35 bits per heavy atom. The Kier molecular flexibility index (Phi) is 13.2. The maximum Gasteiger partial charge on any atom is 0.302 e. The third kappa shape index (κ3) is 8.16. The second-order valence-corrected chi connectivity index (χ2v) is 17.4. The lowest BCUT2D eigenvalue weighted by atomic mass is 9.78. The molecule has 2 aliphatic rings. The molecular weight excluding hydrogens is 795 g/mol.